The van der Waals surface area contributed by atoms with E-state index in [2.05, 4.69) is 29.0 Å². The first kappa shape index (κ1) is 22.1. The van der Waals surface area contributed by atoms with Crippen LogP contribution in [0.15, 0.2) is 48.5 Å². The van der Waals surface area contributed by atoms with Crippen LogP contribution in [-0.4, -0.2) is 55.7 Å². The molecule has 0 aromatic heterocycles. The highest BCUT2D eigenvalue weighted by molar-refractivity contribution is 5.92. The minimum absolute atomic E-state index is 0.0123. The van der Waals surface area contributed by atoms with Crippen molar-refractivity contribution < 1.29 is 14.3 Å². The van der Waals surface area contributed by atoms with Gasteiger partial charge in [-0.3, -0.25) is 14.6 Å². The molecule has 0 atom stereocenters. The van der Waals surface area contributed by atoms with Gasteiger partial charge in [0.2, 0.25) is 5.91 Å². The Kier molecular flexibility index (Phi) is 6.95. The van der Waals surface area contributed by atoms with Gasteiger partial charge in [0, 0.05) is 49.2 Å². The number of nitrogens with zero attached hydrogens (tertiary/aromatic N) is 3. The molecule has 0 saturated carbocycles. The van der Waals surface area contributed by atoms with E-state index in [4.69, 9.17) is 4.74 Å². The fourth-order valence-corrected chi connectivity index (χ4v) is 4.60. The van der Waals surface area contributed by atoms with Crippen LogP contribution in [0.3, 0.4) is 0 Å². The van der Waals surface area contributed by atoms with Crippen LogP contribution < -0.4 is 15.1 Å². The number of para-hydroxylation sites is 1. The van der Waals surface area contributed by atoms with Gasteiger partial charge in [-0.2, -0.15) is 0 Å². The second-order valence-corrected chi connectivity index (χ2v) is 8.33. The SMILES string of the molecule is CCN(CC)c1ccc(NC(=O)CN2CCC(N3C(=O)OCc4ccccc43)CC2)cc1. The molecule has 4 rings (SSSR count). The molecule has 1 fully saturated rings. The van der Waals surface area contributed by atoms with E-state index in [1.807, 2.05) is 48.5 Å². The first-order valence-corrected chi connectivity index (χ1v) is 11.5. The van der Waals surface area contributed by atoms with Gasteiger partial charge in [0.1, 0.15) is 6.61 Å². The van der Waals surface area contributed by atoms with Crippen molar-refractivity contribution in [3.63, 3.8) is 0 Å². The van der Waals surface area contributed by atoms with Gasteiger partial charge in [-0.15, -0.1) is 0 Å². The fraction of sp³-hybridized carbons (Fsp3) is 0.440. The first-order chi connectivity index (χ1) is 15.6. The summed E-state index contributed by atoms with van der Waals surface area (Å²) in [7, 11) is 0. The number of carbonyl (C=O) groups excluding carboxylic acids is 2. The van der Waals surface area contributed by atoms with E-state index in [0.717, 1.165) is 61.6 Å². The molecule has 2 aliphatic rings. The van der Waals surface area contributed by atoms with Crippen LogP contribution in [0, 0.1) is 0 Å². The predicted molar refractivity (Wildman–Crippen MR) is 127 cm³/mol. The first-order valence-electron chi connectivity index (χ1n) is 11.5. The average molecular weight is 437 g/mol. The van der Waals surface area contributed by atoms with Crippen molar-refractivity contribution in [2.45, 2.75) is 39.3 Å². The number of hydrogen-bond acceptors (Lipinski definition) is 5. The number of carbonyl (C=O) groups is 2. The number of benzene rings is 2. The third-order valence-electron chi connectivity index (χ3n) is 6.37. The smallest absolute Gasteiger partial charge is 0.414 e. The Morgan fingerprint density at radius 2 is 1.75 bits per heavy atom. The molecule has 2 aromatic carbocycles. The maximum Gasteiger partial charge on any atom is 0.414 e. The van der Waals surface area contributed by atoms with Gasteiger partial charge in [0.05, 0.1) is 12.2 Å². The van der Waals surface area contributed by atoms with Gasteiger partial charge in [0.25, 0.3) is 0 Å². The molecule has 0 spiro atoms. The molecule has 7 heteroatoms. The van der Waals surface area contributed by atoms with E-state index < -0.39 is 0 Å². The Labute approximate surface area is 189 Å². The van der Waals surface area contributed by atoms with Crippen molar-refractivity contribution in [3.8, 4) is 0 Å². The van der Waals surface area contributed by atoms with Gasteiger partial charge in [0.15, 0.2) is 0 Å². The molecule has 2 aliphatic heterocycles. The molecule has 1 N–H and O–H groups in total. The second kappa shape index (κ2) is 10.0. The Balaban J connectivity index is 1.29. The molecule has 2 heterocycles. The van der Waals surface area contributed by atoms with Crippen molar-refractivity contribution in [1.29, 1.82) is 0 Å². The van der Waals surface area contributed by atoms with Crippen LogP contribution in [0.2, 0.25) is 0 Å². The lowest BCUT2D eigenvalue weighted by Gasteiger charge is -2.40. The van der Waals surface area contributed by atoms with E-state index in [9.17, 15) is 9.59 Å². The van der Waals surface area contributed by atoms with Gasteiger partial charge in [-0.1, -0.05) is 18.2 Å². The van der Waals surface area contributed by atoms with Crippen LogP contribution in [0.25, 0.3) is 0 Å². The third-order valence-corrected chi connectivity index (χ3v) is 6.37. The summed E-state index contributed by atoms with van der Waals surface area (Å²) in [5.41, 5.74) is 3.97. The quantitative estimate of drug-likeness (QED) is 0.708. The molecular weight excluding hydrogens is 404 g/mol. The molecule has 1 saturated heterocycles. The van der Waals surface area contributed by atoms with Crippen LogP contribution in [0.1, 0.15) is 32.3 Å². The number of amides is 2. The Morgan fingerprint density at radius 3 is 2.44 bits per heavy atom. The number of hydrogen-bond donors (Lipinski definition) is 1. The molecule has 32 heavy (non-hydrogen) atoms. The van der Waals surface area contributed by atoms with Crippen molar-refractivity contribution in [3.05, 3.63) is 54.1 Å². The highest BCUT2D eigenvalue weighted by Gasteiger charge is 2.34. The van der Waals surface area contributed by atoms with Crippen molar-refractivity contribution in [2.75, 3.05) is 47.8 Å². The maximum atomic E-state index is 12.6. The zero-order valence-electron chi connectivity index (χ0n) is 18.9. The molecule has 0 unspecified atom stereocenters. The van der Waals surface area contributed by atoms with Crippen molar-refractivity contribution in [1.82, 2.24) is 4.90 Å². The number of fused-ring (bicyclic) bond motifs is 1. The molecule has 0 radical (unpaired) electrons. The van der Waals surface area contributed by atoms with Gasteiger partial charge in [-0.05, 0) is 57.0 Å². The molecule has 0 aliphatic carbocycles. The zero-order chi connectivity index (χ0) is 22.5. The molecule has 0 bridgehead atoms. The van der Waals surface area contributed by atoms with Gasteiger partial charge >= 0.3 is 6.09 Å². The number of likely N-dealkylation sites (tertiary alicyclic amines) is 1. The number of nitrogens with one attached hydrogen (secondary N) is 1. The zero-order valence-corrected chi connectivity index (χ0v) is 18.9. The summed E-state index contributed by atoms with van der Waals surface area (Å²) in [6, 6.07) is 16.0. The second-order valence-electron chi connectivity index (χ2n) is 8.33. The minimum Gasteiger partial charge on any atom is -0.444 e. The number of anilines is 3. The standard InChI is InChI=1S/C25H32N4O3/c1-3-28(4-2)21-11-9-20(10-12-21)26-24(30)17-27-15-13-22(14-16-27)29-23-8-6-5-7-19(23)18-32-25(29)31/h5-12,22H,3-4,13-18H2,1-2H3,(H,26,30). The van der Waals surface area contributed by atoms with Crippen LogP contribution in [-0.2, 0) is 16.1 Å². The Morgan fingerprint density at radius 1 is 1.06 bits per heavy atom. The van der Waals surface area contributed by atoms with Gasteiger partial charge in [-0.25, -0.2) is 4.79 Å². The van der Waals surface area contributed by atoms with E-state index in [1.165, 1.54) is 0 Å². The Bertz CT molecular complexity index is 934. The molecule has 2 aromatic rings. The number of cyclic esters (lactones) is 1. The van der Waals surface area contributed by atoms with Crippen LogP contribution in [0.5, 0.6) is 0 Å². The van der Waals surface area contributed by atoms with Crippen molar-refractivity contribution in [2.24, 2.45) is 0 Å². The van der Waals surface area contributed by atoms with Crippen LogP contribution in [0.4, 0.5) is 21.9 Å². The fourth-order valence-electron chi connectivity index (χ4n) is 4.60. The summed E-state index contributed by atoms with van der Waals surface area (Å²) in [5.74, 6) is -0.0123. The molecule has 170 valence electrons. The maximum absolute atomic E-state index is 12.6. The molecular formula is C25H32N4O3. The predicted octanol–water partition coefficient (Wildman–Crippen LogP) is 4.09. The van der Waals surface area contributed by atoms with E-state index in [1.54, 1.807) is 4.90 Å². The summed E-state index contributed by atoms with van der Waals surface area (Å²) in [5, 5.41) is 3.00. The number of ether oxygens (including phenoxy) is 1. The van der Waals surface area contributed by atoms with Crippen LogP contribution >= 0.6 is 0 Å². The lowest BCUT2D eigenvalue weighted by atomic mass is 10.0. The summed E-state index contributed by atoms with van der Waals surface area (Å²) in [6.07, 6.45) is 1.36. The van der Waals surface area contributed by atoms with Crippen molar-refractivity contribution >= 4 is 29.1 Å². The Hall–Kier alpha value is -3.06. The highest BCUT2D eigenvalue weighted by Crippen LogP contribution is 2.31. The largest absolute Gasteiger partial charge is 0.444 e. The van der Waals surface area contributed by atoms with E-state index in [-0.39, 0.29) is 18.0 Å². The van der Waals surface area contributed by atoms with E-state index >= 15 is 0 Å². The third kappa shape index (κ3) is 4.88. The van der Waals surface area contributed by atoms with Gasteiger partial charge < -0.3 is 15.0 Å². The lowest BCUT2D eigenvalue weighted by molar-refractivity contribution is -0.117. The molecule has 7 nitrogen and oxygen atoms in total. The lowest BCUT2D eigenvalue weighted by Crippen LogP contribution is -2.50. The average Bonchev–Trinajstić information content (AvgIpc) is 2.81. The summed E-state index contributed by atoms with van der Waals surface area (Å²) in [4.78, 5) is 31.2. The summed E-state index contributed by atoms with van der Waals surface area (Å²) in [6.45, 7) is 8.41. The molecule has 2 amide bonds. The monoisotopic (exact) mass is 436 g/mol. The number of piperidine rings is 1. The number of rotatable bonds is 7. The summed E-state index contributed by atoms with van der Waals surface area (Å²) < 4.78 is 5.37. The topological polar surface area (TPSA) is 65.1 Å². The van der Waals surface area contributed by atoms with E-state index in [0.29, 0.717) is 13.2 Å². The minimum atomic E-state index is -0.270. The highest BCUT2D eigenvalue weighted by atomic mass is 16.6. The summed E-state index contributed by atoms with van der Waals surface area (Å²) >= 11 is 0. The normalized spacial score (nSPS) is 16.9.